The summed E-state index contributed by atoms with van der Waals surface area (Å²) < 4.78 is 1.17. The van der Waals surface area contributed by atoms with Crippen molar-refractivity contribution in [3.05, 3.63) is 34.3 Å². The Hall–Kier alpha value is -0.380. The van der Waals surface area contributed by atoms with Crippen LogP contribution in [0.4, 0.5) is 0 Å². The maximum atomic E-state index is 6.35. The lowest BCUT2D eigenvalue weighted by Crippen LogP contribution is -2.39. The van der Waals surface area contributed by atoms with Crippen molar-refractivity contribution >= 4 is 15.9 Å². The number of nitrogens with zero attached hydrogens (tertiary/aromatic N) is 1. The van der Waals surface area contributed by atoms with Crippen molar-refractivity contribution < 1.29 is 0 Å². The summed E-state index contributed by atoms with van der Waals surface area (Å²) in [4.78, 5) is 2.44. The van der Waals surface area contributed by atoms with Crippen LogP contribution in [0.3, 0.4) is 0 Å². The van der Waals surface area contributed by atoms with Crippen molar-refractivity contribution in [3.63, 3.8) is 0 Å². The molecule has 1 aromatic carbocycles. The minimum Gasteiger partial charge on any atom is -0.326 e. The smallest absolute Gasteiger partial charge is 0.0507 e. The van der Waals surface area contributed by atoms with E-state index in [1.54, 1.807) is 0 Å². The summed E-state index contributed by atoms with van der Waals surface area (Å²) in [5.74, 6) is 0.893. The van der Waals surface area contributed by atoms with Gasteiger partial charge in [-0.1, -0.05) is 41.1 Å². The van der Waals surface area contributed by atoms with Gasteiger partial charge in [0.25, 0.3) is 0 Å². The van der Waals surface area contributed by atoms with Crippen LogP contribution in [0.1, 0.15) is 37.8 Å². The molecule has 1 aromatic rings. The van der Waals surface area contributed by atoms with Crippen LogP contribution in [0.15, 0.2) is 28.7 Å². The summed E-state index contributed by atoms with van der Waals surface area (Å²) in [6.07, 6.45) is 3.77. The molecule has 0 amide bonds. The summed E-state index contributed by atoms with van der Waals surface area (Å²) in [6, 6.07) is 8.95. The molecule has 100 valence electrons. The third-order valence-corrected chi connectivity index (χ3v) is 4.54. The first-order valence-corrected chi connectivity index (χ1v) is 7.63. The Morgan fingerprint density at radius 3 is 2.61 bits per heavy atom. The van der Waals surface area contributed by atoms with Crippen molar-refractivity contribution in [1.82, 2.24) is 4.90 Å². The number of halogens is 1. The van der Waals surface area contributed by atoms with Crippen molar-refractivity contribution in [2.75, 3.05) is 13.6 Å². The van der Waals surface area contributed by atoms with E-state index in [1.165, 1.54) is 29.4 Å². The van der Waals surface area contributed by atoms with Gasteiger partial charge in [-0.3, -0.25) is 4.90 Å². The van der Waals surface area contributed by atoms with Crippen LogP contribution in [0.25, 0.3) is 0 Å². The van der Waals surface area contributed by atoms with Crippen molar-refractivity contribution in [3.8, 4) is 0 Å². The monoisotopic (exact) mass is 310 g/mol. The van der Waals surface area contributed by atoms with E-state index in [4.69, 9.17) is 5.73 Å². The highest BCUT2D eigenvalue weighted by Crippen LogP contribution is 2.35. The van der Waals surface area contributed by atoms with E-state index in [2.05, 4.69) is 59.1 Å². The number of likely N-dealkylation sites (N-methyl/N-ethyl adjacent to an activating group) is 1. The molecule has 0 saturated heterocycles. The van der Waals surface area contributed by atoms with E-state index in [9.17, 15) is 0 Å². The third-order valence-electron chi connectivity index (χ3n) is 3.82. The molecule has 2 unspecified atom stereocenters. The Balaban J connectivity index is 2.20. The summed E-state index contributed by atoms with van der Waals surface area (Å²) in [7, 11) is 2.21. The SMILES string of the molecule is CCC(N)C(c1ccccc1Br)N(C)CC1CC1. The lowest BCUT2D eigenvalue weighted by molar-refractivity contribution is 0.201. The molecule has 0 bridgehead atoms. The molecule has 0 heterocycles. The number of nitrogens with two attached hydrogens (primary N) is 1. The molecular weight excluding hydrogens is 288 g/mol. The second-order valence-corrected chi connectivity index (χ2v) is 6.28. The van der Waals surface area contributed by atoms with E-state index in [0.717, 1.165) is 12.3 Å². The zero-order valence-electron chi connectivity index (χ0n) is 11.3. The summed E-state index contributed by atoms with van der Waals surface area (Å²) in [6.45, 7) is 3.33. The van der Waals surface area contributed by atoms with Gasteiger partial charge in [0.2, 0.25) is 0 Å². The standard InChI is InChI=1S/C15H23BrN2/c1-3-14(17)15(18(2)10-11-8-9-11)12-6-4-5-7-13(12)16/h4-7,11,14-15H,3,8-10,17H2,1-2H3. The Morgan fingerprint density at radius 1 is 1.39 bits per heavy atom. The van der Waals surface area contributed by atoms with Gasteiger partial charge in [-0.25, -0.2) is 0 Å². The van der Waals surface area contributed by atoms with Crippen LogP contribution in [0.5, 0.6) is 0 Å². The highest BCUT2D eigenvalue weighted by Gasteiger charge is 2.30. The number of hydrogen-bond acceptors (Lipinski definition) is 2. The normalized spacial score (nSPS) is 18.9. The van der Waals surface area contributed by atoms with Gasteiger partial charge in [-0.05, 0) is 43.9 Å². The fraction of sp³-hybridized carbons (Fsp3) is 0.600. The Labute approximate surface area is 119 Å². The van der Waals surface area contributed by atoms with Crippen LogP contribution < -0.4 is 5.73 Å². The first-order chi connectivity index (χ1) is 8.63. The topological polar surface area (TPSA) is 29.3 Å². The van der Waals surface area contributed by atoms with Crippen molar-refractivity contribution in [2.24, 2.45) is 11.7 Å². The van der Waals surface area contributed by atoms with E-state index >= 15 is 0 Å². The van der Waals surface area contributed by atoms with Gasteiger partial charge in [0.1, 0.15) is 0 Å². The Kier molecular flexibility index (Phi) is 4.82. The Bertz CT molecular complexity index is 390. The first kappa shape index (κ1) is 14.0. The molecule has 0 spiro atoms. The third kappa shape index (κ3) is 3.34. The van der Waals surface area contributed by atoms with Gasteiger partial charge in [0.05, 0.1) is 6.04 Å². The molecular formula is C15H23BrN2. The average Bonchev–Trinajstić information content (AvgIpc) is 3.15. The number of rotatable bonds is 6. The molecule has 0 aromatic heterocycles. The molecule has 1 saturated carbocycles. The molecule has 3 heteroatoms. The molecule has 0 radical (unpaired) electrons. The molecule has 1 aliphatic carbocycles. The van der Waals surface area contributed by atoms with E-state index in [-0.39, 0.29) is 6.04 Å². The van der Waals surface area contributed by atoms with Gasteiger partial charge < -0.3 is 5.73 Å². The van der Waals surface area contributed by atoms with Crippen LogP contribution >= 0.6 is 15.9 Å². The van der Waals surface area contributed by atoms with Crippen LogP contribution in [-0.4, -0.2) is 24.5 Å². The van der Waals surface area contributed by atoms with Crippen LogP contribution in [0, 0.1) is 5.92 Å². The molecule has 1 fully saturated rings. The van der Waals surface area contributed by atoms with Gasteiger partial charge >= 0.3 is 0 Å². The summed E-state index contributed by atoms with van der Waals surface area (Å²) in [5.41, 5.74) is 7.67. The fourth-order valence-electron chi connectivity index (χ4n) is 2.55. The van der Waals surface area contributed by atoms with Gasteiger partial charge in [0, 0.05) is 17.1 Å². The minimum absolute atomic E-state index is 0.187. The number of benzene rings is 1. The minimum atomic E-state index is 0.187. The molecule has 18 heavy (non-hydrogen) atoms. The summed E-state index contributed by atoms with van der Waals surface area (Å²) >= 11 is 3.66. The van der Waals surface area contributed by atoms with Crippen LogP contribution in [-0.2, 0) is 0 Å². The fourth-order valence-corrected chi connectivity index (χ4v) is 3.07. The highest BCUT2D eigenvalue weighted by molar-refractivity contribution is 9.10. The predicted octanol–water partition coefficient (Wildman–Crippen LogP) is 3.57. The average molecular weight is 311 g/mol. The lowest BCUT2D eigenvalue weighted by atomic mass is 9.96. The lowest BCUT2D eigenvalue weighted by Gasteiger charge is -2.33. The molecule has 2 nitrogen and oxygen atoms in total. The van der Waals surface area contributed by atoms with Gasteiger partial charge in [-0.2, -0.15) is 0 Å². The van der Waals surface area contributed by atoms with Crippen molar-refractivity contribution in [1.29, 1.82) is 0 Å². The molecule has 1 aliphatic rings. The molecule has 2 N–H and O–H groups in total. The highest BCUT2D eigenvalue weighted by atomic mass is 79.9. The molecule has 0 aliphatic heterocycles. The van der Waals surface area contributed by atoms with E-state index < -0.39 is 0 Å². The Morgan fingerprint density at radius 2 is 2.06 bits per heavy atom. The zero-order chi connectivity index (χ0) is 13.1. The number of hydrogen-bond donors (Lipinski definition) is 1. The largest absolute Gasteiger partial charge is 0.326 e. The zero-order valence-corrected chi connectivity index (χ0v) is 12.9. The van der Waals surface area contributed by atoms with E-state index in [1.807, 2.05) is 0 Å². The second kappa shape index (κ2) is 6.18. The summed E-state index contributed by atoms with van der Waals surface area (Å²) in [5, 5.41) is 0. The van der Waals surface area contributed by atoms with Gasteiger partial charge in [-0.15, -0.1) is 0 Å². The molecule has 2 rings (SSSR count). The van der Waals surface area contributed by atoms with Crippen LogP contribution in [0.2, 0.25) is 0 Å². The first-order valence-electron chi connectivity index (χ1n) is 6.83. The maximum absolute atomic E-state index is 6.35. The van der Waals surface area contributed by atoms with Crippen molar-refractivity contribution in [2.45, 2.75) is 38.3 Å². The second-order valence-electron chi connectivity index (χ2n) is 5.42. The van der Waals surface area contributed by atoms with E-state index in [0.29, 0.717) is 6.04 Å². The maximum Gasteiger partial charge on any atom is 0.0507 e. The van der Waals surface area contributed by atoms with Gasteiger partial charge in [0.15, 0.2) is 0 Å². The molecule has 2 atom stereocenters. The predicted molar refractivity (Wildman–Crippen MR) is 80.5 cm³/mol. The quantitative estimate of drug-likeness (QED) is 0.870.